The monoisotopic (exact) mass is 515 g/mol. The molecule has 4 aromatic rings. The van der Waals surface area contributed by atoms with E-state index in [0.29, 0.717) is 33.6 Å². The molecule has 0 N–H and O–H groups in total. The van der Waals surface area contributed by atoms with E-state index in [1.54, 1.807) is 37.5 Å². The maximum atomic E-state index is 13.1. The van der Waals surface area contributed by atoms with Crippen molar-refractivity contribution in [2.24, 2.45) is 0 Å². The average Bonchev–Trinajstić information content (AvgIpc) is 3.16. The lowest BCUT2D eigenvalue weighted by molar-refractivity contribution is -0.123. The van der Waals surface area contributed by atoms with Crippen LogP contribution in [0.5, 0.6) is 11.5 Å². The van der Waals surface area contributed by atoms with E-state index in [1.165, 1.54) is 4.90 Å². The Labute approximate surface area is 218 Å². The Kier molecular flexibility index (Phi) is 6.98. The maximum absolute atomic E-state index is 13.1. The van der Waals surface area contributed by atoms with Gasteiger partial charge in [0.1, 0.15) is 6.61 Å². The van der Waals surface area contributed by atoms with Crippen LogP contribution in [0.2, 0.25) is 5.02 Å². The summed E-state index contributed by atoms with van der Waals surface area (Å²) in [7, 11) is 1.57. The van der Waals surface area contributed by atoms with Crippen molar-refractivity contribution in [3.8, 4) is 11.5 Å². The van der Waals surface area contributed by atoms with Crippen molar-refractivity contribution in [1.82, 2.24) is 4.90 Å². The third-order valence-electron chi connectivity index (χ3n) is 5.90. The fourth-order valence-corrected chi connectivity index (χ4v) is 5.04. The minimum atomic E-state index is -0.345. The minimum Gasteiger partial charge on any atom is -0.493 e. The molecule has 1 heterocycles. The van der Waals surface area contributed by atoms with E-state index in [1.807, 2.05) is 42.5 Å². The van der Waals surface area contributed by atoms with Crippen LogP contribution in [0, 0.1) is 0 Å². The molecule has 1 aliphatic rings. The summed E-state index contributed by atoms with van der Waals surface area (Å²) in [5.74, 6) is 0.713. The Morgan fingerprint density at radius 2 is 1.67 bits per heavy atom. The van der Waals surface area contributed by atoms with Gasteiger partial charge in [-0.15, -0.1) is 0 Å². The summed E-state index contributed by atoms with van der Waals surface area (Å²) in [6, 6.07) is 26.8. The molecule has 2 amide bonds. The molecule has 0 aliphatic carbocycles. The first-order valence-corrected chi connectivity index (χ1v) is 12.5. The first-order chi connectivity index (χ1) is 17.5. The molecular weight excluding hydrogens is 494 g/mol. The maximum Gasteiger partial charge on any atom is 0.293 e. The molecule has 4 aromatic carbocycles. The number of para-hydroxylation sites is 1. The first-order valence-electron chi connectivity index (χ1n) is 11.3. The van der Waals surface area contributed by atoms with E-state index >= 15 is 0 Å². The van der Waals surface area contributed by atoms with Crippen LogP contribution in [-0.2, 0) is 17.9 Å². The molecule has 36 heavy (non-hydrogen) atoms. The minimum absolute atomic E-state index is 0.182. The van der Waals surface area contributed by atoms with Crippen molar-refractivity contribution < 1.29 is 19.1 Å². The van der Waals surface area contributed by atoms with Crippen LogP contribution >= 0.6 is 23.4 Å². The van der Waals surface area contributed by atoms with E-state index in [-0.39, 0.29) is 17.7 Å². The molecule has 0 unspecified atom stereocenters. The van der Waals surface area contributed by atoms with Gasteiger partial charge in [0.05, 0.1) is 18.6 Å². The van der Waals surface area contributed by atoms with Gasteiger partial charge in [0, 0.05) is 10.6 Å². The van der Waals surface area contributed by atoms with Gasteiger partial charge in [0.2, 0.25) is 0 Å². The number of carbonyl (C=O) groups excluding carboxylic acids is 2. The van der Waals surface area contributed by atoms with Gasteiger partial charge in [-0.1, -0.05) is 78.3 Å². The van der Waals surface area contributed by atoms with Gasteiger partial charge < -0.3 is 9.47 Å². The van der Waals surface area contributed by atoms with Gasteiger partial charge in [-0.3, -0.25) is 14.5 Å². The predicted molar refractivity (Wildman–Crippen MR) is 144 cm³/mol. The molecule has 0 bridgehead atoms. The molecule has 7 heteroatoms. The molecule has 5 rings (SSSR count). The standard InChI is InChI=1S/C29H22ClNO4S/c1-34-25-11-5-8-21(27(25)35-18-22-9-4-7-20-6-2-3-10-24(20)22)16-26-28(32)31(29(33)36-26)17-19-12-14-23(30)15-13-19/h2-16H,17-18H2,1H3/b26-16-. The van der Waals surface area contributed by atoms with E-state index in [9.17, 15) is 9.59 Å². The van der Waals surface area contributed by atoms with E-state index in [2.05, 4.69) is 18.2 Å². The van der Waals surface area contributed by atoms with Gasteiger partial charge in [0.15, 0.2) is 11.5 Å². The third kappa shape index (κ3) is 4.96. The Morgan fingerprint density at radius 1 is 0.917 bits per heavy atom. The van der Waals surface area contributed by atoms with E-state index < -0.39 is 0 Å². The summed E-state index contributed by atoms with van der Waals surface area (Å²) < 4.78 is 11.8. The molecule has 5 nitrogen and oxygen atoms in total. The number of thioether (sulfide) groups is 1. The summed E-state index contributed by atoms with van der Waals surface area (Å²) in [4.78, 5) is 27.3. The summed E-state index contributed by atoms with van der Waals surface area (Å²) in [6.45, 7) is 0.502. The molecule has 180 valence electrons. The number of amides is 2. The zero-order chi connectivity index (χ0) is 25.1. The highest BCUT2D eigenvalue weighted by Gasteiger charge is 2.35. The van der Waals surface area contributed by atoms with E-state index in [4.69, 9.17) is 21.1 Å². The number of fused-ring (bicyclic) bond motifs is 1. The molecule has 0 aromatic heterocycles. The SMILES string of the molecule is COc1cccc(/C=C2\SC(=O)N(Cc3ccc(Cl)cc3)C2=O)c1OCc1cccc2ccccc12. The summed E-state index contributed by atoms with van der Waals surface area (Å²) in [5.41, 5.74) is 2.52. The Balaban J connectivity index is 1.41. The number of halogens is 1. The van der Waals surface area contributed by atoms with Gasteiger partial charge in [0.25, 0.3) is 11.1 Å². The number of hydrogen-bond acceptors (Lipinski definition) is 5. The Morgan fingerprint density at radius 3 is 2.47 bits per heavy atom. The number of benzene rings is 4. The van der Waals surface area contributed by atoms with Crippen LogP contribution in [-0.4, -0.2) is 23.2 Å². The van der Waals surface area contributed by atoms with Crippen LogP contribution in [0.3, 0.4) is 0 Å². The lowest BCUT2D eigenvalue weighted by Crippen LogP contribution is -2.27. The number of methoxy groups -OCH3 is 1. The summed E-state index contributed by atoms with van der Waals surface area (Å²) in [6.07, 6.45) is 1.69. The zero-order valence-electron chi connectivity index (χ0n) is 19.4. The Bertz CT molecular complexity index is 1480. The molecule has 0 atom stereocenters. The molecule has 1 aliphatic heterocycles. The predicted octanol–water partition coefficient (Wildman–Crippen LogP) is 7.32. The first kappa shape index (κ1) is 24.0. The van der Waals surface area contributed by atoms with Crippen molar-refractivity contribution in [2.75, 3.05) is 7.11 Å². The lowest BCUT2D eigenvalue weighted by Gasteiger charge is -2.15. The smallest absolute Gasteiger partial charge is 0.293 e. The molecule has 0 saturated carbocycles. The van der Waals surface area contributed by atoms with Crippen LogP contribution in [0.1, 0.15) is 16.7 Å². The van der Waals surface area contributed by atoms with Crippen LogP contribution in [0.25, 0.3) is 16.8 Å². The second kappa shape index (κ2) is 10.5. The number of hydrogen-bond donors (Lipinski definition) is 0. The fraction of sp³-hybridized carbons (Fsp3) is 0.103. The highest BCUT2D eigenvalue weighted by molar-refractivity contribution is 8.18. The highest BCUT2D eigenvalue weighted by atomic mass is 35.5. The third-order valence-corrected chi connectivity index (χ3v) is 7.05. The topological polar surface area (TPSA) is 55.8 Å². The quantitative estimate of drug-likeness (QED) is 0.241. The van der Waals surface area contributed by atoms with Gasteiger partial charge in [-0.2, -0.15) is 0 Å². The molecular formula is C29H22ClNO4S. The van der Waals surface area contributed by atoms with Gasteiger partial charge in [-0.25, -0.2) is 0 Å². The largest absolute Gasteiger partial charge is 0.493 e. The van der Waals surface area contributed by atoms with Gasteiger partial charge >= 0.3 is 0 Å². The van der Waals surface area contributed by atoms with Crippen molar-refractivity contribution in [1.29, 1.82) is 0 Å². The van der Waals surface area contributed by atoms with Crippen LogP contribution < -0.4 is 9.47 Å². The van der Waals surface area contributed by atoms with Crippen molar-refractivity contribution >= 4 is 51.4 Å². The van der Waals surface area contributed by atoms with Crippen LogP contribution in [0.4, 0.5) is 4.79 Å². The van der Waals surface area contributed by atoms with Crippen molar-refractivity contribution in [2.45, 2.75) is 13.2 Å². The number of carbonyl (C=O) groups is 2. The van der Waals surface area contributed by atoms with Gasteiger partial charge in [-0.05, 0) is 57.9 Å². The molecule has 0 radical (unpaired) electrons. The Hall–Kier alpha value is -3.74. The normalized spacial score (nSPS) is 14.6. The number of ether oxygens (including phenoxy) is 2. The highest BCUT2D eigenvalue weighted by Crippen LogP contribution is 2.38. The van der Waals surface area contributed by atoms with Crippen molar-refractivity contribution in [3.63, 3.8) is 0 Å². The lowest BCUT2D eigenvalue weighted by atomic mass is 10.1. The fourth-order valence-electron chi connectivity index (χ4n) is 4.08. The second-order valence-electron chi connectivity index (χ2n) is 8.20. The zero-order valence-corrected chi connectivity index (χ0v) is 21.0. The van der Waals surface area contributed by atoms with E-state index in [0.717, 1.165) is 33.7 Å². The molecule has 1 saturated heterocycles. The summed E-state index contributed by atoms with van der Waals surface area (Å²) in [5, 5.41) is 2.53. The molecule has 0 spiro atoms. The molecule has 1 fully saturated rings. The number of nitrogens with zero attached hydrogens (tertiary/aromatic N) is 1. The number of imide groups is 1. The average molecular weight is 516 g/mol. The van der Waals surface area contributed by atoms with Crippen molar-refractivity contribution in [3.05, 3.63) is 112 Å². The van der Waals surface area contributed by atoms with Crippen LogP contribution in [0.15, 0.2) is 89.8 Å². The number of rotatable bonds is 7. The summed E-state index contributed by atoms with van der Waals surface area (Å²) >= 11 is 6.86. The second-order valence-corrected chi connectivity index (χ2v) is 9.63.